The van der Waals surface area contributed by atoms with Crippen LogP contribution in [0.25, 0.3) is 0 Å². The van der Waals surface area contributed by atoms with Crippen molar-refractivity contribution in [2.24, 2.45) is 0 Å². The Labute approximate surface area is 202 Å². The van der Waals surface area contributed by atoms with E-state index in [4.69, 9.17) is 10.00 Å². The van der Waals surface area contributed by atoms with Crippen molar-refractivity contribution in [1.29, 1.82) is 5.26 Å². The summed E-state index contributed by atoms with van der Waals surface area (Å²) in [5.41, 5.74) is 1.06. The highest BCUT2D eigenvalue weighted by Crippen LogP contribution is 2.16. The minimum atomic E-state index is -4.43. The fraction of sp³-hybridized carbons (Fsp3) is 0.160. The second-order valence-corrected chi connectivity index (χ2v) is 9.06. The zero-order valence-corrected chi connectivity index (χ0v) is 19.3. The Bertz CT molecular complexity index is 1310. The van der Waals surface area contributed by atoms with Gasteiger partial charge < -0.3 is 4.74 Å². The van der Waals surface area contributed by atoms with Gasteiger partial charge in [0.1, 0.15) is 23.3 Å². The maximum Gasteiger partial charge on any atom is 0.325 e. The first-order valence-electron chi connectivity index (χ1n) is 10.5. The maximum atomic E-state index is 14.1. The molecule has 0 bridgehead atoms. The number of hydrogen-bond acceptors (Lipinski definition) is 6. The molecule has 180 valence electrons. The van der Waals surface area contributed by atoms with E-state index in [1.807, 2.05) is 6.07 Å². The van der Waals surface area contributed by atoms with E-state index in [0.29, 0.717) is 11.3 Å². The third-order valence-corrected chi connectivity index (χ3v) is 6.43. The van der Waals surface area contributed by atoms with Crippen LogP contribution in [0.1, 0.15) is 5.56 Å². The van der Waals surface area contributed by atoms with Crippen molar-refractivity contribution < 1.29 is 27.1 Å². The van der Waals surface area contributed by atoms with Crippen LogP contribution in [0.5, 0.6) is 0 Å². The van der Waals surface area contributed by atoms with Crippen molar-refractivity contribution in [3.05, 3.63) is 96.3 Å². The van der Waals surface area contributed by atoms with E-state index < -0.39 is 45.3 Å². The van der Waals surface area contributed by atoms with Crippen LogP contribution < -0.4 is 9.62 Å². The SMILES string of the molecule is N#CCN(C(=O)COC(=O)C(Cc1ccccc1)NS(=O)(=O)c1ccccc1F)c1ccccc1. The summed E-state index contributed by atoms with van der Waals surface area (Å²) in [6, 6.07) is 22.1. The fourth-order valence-corrected chi connectivity index (χ4v) is 4.51. The molecule has 3 rings (SSSR count). The number of hydrogen-bond donors (Lipinski definition) is 1. The number of nitriles is 1. The van der Waals surface area contributed by atoms with E-state index in [1.165, 1.54) is 12.1 Å². The van der Waals surface area contributed by atoms with Gasteiger partial charge >= 0.3 is 5.97 Å². The van der Waals surface area contributed by atoms with E-state index in [9.17, 15) is 22.4 Å². The van der Waals surface area contributed by atoms with Gasteiger partial charge in [0.2, 0.25) is 10.0 Å². The van der Waals surface area contributed by atoms with Crippen LogP contribution in [0, 0.1) is 17.1 Å². The number of halogens is 1. The quantitative estimate of drug-likeness (QED) is 0.342. The number of ether oxygens (including phenoxy) is 1. The number of anilines is 1. The predicted octanol–water partition coefficient (Wildman–Crippen LogP) is 2.82. The number of sulfonamides is 1. The largest absolute Gasteiger partial charge is 0.454 e. The second kappa shape index (κ2) is 11.9. The highest BCUT2D eigenvalue weighted by atomic mass is 32.2. The maximum absolute atomic E-state index is 14.1. The van der Waals surface area contributed by atoms with Gasteiger partial charge in [0.15, 0.2) is 6.61 Å². The summed E-state index contributed by atoms with van der Waals surface area (Å²) in [7, 11) is -4.43. The monoisotopic (exact) mass is 495 g/mol. The second-order valence-electron chi connectivity index (χ2n) is 7.38. The minimum Gasteiger partial charge on any atom is -0.454 e. The third kappa shape index (κ3) is 6.96. The van der Waals surface area contributed by atoms with Crippen LogP contribution in [-0.4, -0.2) is 39.5 Å². The van der Waals surface area contributed by atoms with Crippen LogP contribution in [0.4, 0.5) is 10.1 Å². The molecule has 0 heterocycles. The predicted molar refractivity (Wildman–Crippen MR) is 126 cm³/mol. The van der Waals surface area contributed by atoms with Gasteiger partial charge in [-0.25, -0.2) is 12.8 Å². The number of nitrogens with zero attached hydrogens (tertiary/aromatic N) is 2. The molecule has 10 heteroatoms. The molecule has 0 spiro atoms. The molecule has 0 fully saturated rings. The molecule has 0 aromatic heterocycles. The van der Waals surface area contributed by atoms with Crippen LogP contribution in [0.15, 0.2) is 89.8 Å². The lowest BCUT2D eigenvalue weighted by molar-refractivity contribution is -0.149. The average Bonchev–Trinajstić information content (AvgIpc) is 2.86. The molecule has 0 aliphatic carbocycles. The number of nitrogens with one attached hydrogen (secondary N) is 1. The summed E-state index contributed by atoms with van der Waals surface area (Å²) in [6.07, 6.45) is -0.0951. The molecule has 8 nitrogen and oxygen atoms in total. The van der Waals surface area contributed by atoms with Crippen molar-refractivity contribution >= 4 is 27.6 Å². The summed E-state index contributed by atoms with van der Waals surface area (Å²) in [5.74, 6) is -2.66. The van der Waals surface area contributed by atoms with E-state index >= 15 is 0 Å². The molecule has 1 unspecified atom stereocenters. The number of esters is 1. The summed E-state index contributed by atoms with van der Waals surface area (Å²) >= 11 is 0. The Morgan fingerprint density at radius 2 is 1.57 bits per heavy atom. The van der Waals surface area contributed by atoms with Gasteiger partial charge in [0, 0.05) is 5.69 Å². The number of amides is 1. The van der Waals surface area contributed by atoms with Crippen molar-refractivity contribution in [3.8, 4) is 6.07 Å². The Kier molecular flexibility index (Phi) is 8.67. The van der Waals surface area contributed by atoms with E-state index in [-0.39, 0.29) is 13.0 Å². The lowest BCUT2D eigenvalue weighted by Gasteiger charge is -2.21. The molecular weight excluding hydrogens is 473 g/mol. The number of carbonyl (C=O) groups is 2. The molecule has 1 amide bonds. The highest BCUT2D eigenvalue weighted by molar-refractivity contribution is 7.89. The smallest absolute Gasteiger partial charge is 0.325 e. The molecule has 0 saturated carbocycles. The summed E-state index contributed by atoms with van der Waals surface area (Å²) < 4.78 is 47.1. The van der Waals surface area contributed by atoms with Gasteiger partial charge in [-0.1, -0.05) is 60.7 Å². The summed E-state index contributed by atoms with van der Waals surface area (Å²) in [4.78, 5) is 26.1. The molecule has 0 radical (unpaired) electrons. The third-order valence-electron chi connectivity index (χ3n) is 4.93. The number of para-hydroxylation sites is 1. The van der Waals surface area contributed by atoms with Gasteiger partial charge in [-0.3, -0.25) is 14.5 Å². The summed E-state index contributed by atoms with van der Waals surface area (Å²) in [5, 5.41) is 9.08. The lowest BCUT2D eigenvalue weighted by atomic mass is 10.1. The molecule has 0 saturated heterocycles. The van der Waals surface area contributed by atoms with E-state index in [1.54, 1.807) is 60.7 Å². The van der Waals surface area contributed by atoms with Crippen molar-refractivity contribution in [3.63, 3.8) is 0 Å². The van der Waals surface area contributed by atoms with Crippen molar-refractivity contribution in [2.75, 3.05) is 18.1 Å². The Hall–Kier alpha value is -4.07. The molecule has 0 aliphatic heterocycles. The molecule has 0 aliphatic rings. The Morgan fingerprint density at radius 3 is 2.20 bits per heavy atom. The Morgan fingerprint density at radius 1 is 0.971 bits per heavy atom. The number of benzene rings is 3. The highest BCUT2D eigenvalue weighted by Gasteiger charge is 2.30. The molecule has 3 aromatic rings. The van der Waals surface area contributed by atoms with E-state index in [0.717, 1.165) is 17.0 Å². The first kappa shape index (κ1) is 25.6. The topological polar surface area (TPSA) is 117 Å². The first-order valence-corrected chi connectivity index (χ1v) is 12.0. The number of carbonyl (C=O) groups excluding carboxylic acids is 2. The lowest BCUT2D eigenvalue weighted by Crippen LogP contribution is -2.45. The van der Waals surface area contributed by atoms with Crippen molar-refractivity contribution in [1.82, 2.24) is 4.72 Å². The van der Waals surface area contributed by atoms with Gasteiger partial charge in [-0.05, 0) is 36.2 Å². The molecule has 35 heavy (non-hydrogen) atoms. The summed E-state index contributed by atoms with van der Waals surface area (Å²) in [6.45, 7) is -0.990. The van der Waals surface area contributed by atoms with Gasteiger partial charge in [-0.15, -0.1) is 0 Å². The molecule has 1 atom stereocenters. The van der Waals surface area contributed by atoms with Crippen molar-refractivity contribution in [2.45, 2.75) is 17.4 Å². The number of rotatable bonds is 10. The Balaban J connectivity index is 1.78. The fourth-order valence-electron chi connectivity index (χ4n) is 3.25. The van der Waals surface area contributed by atoms with E-state index in [2.05, 4.69) is 4.72 Å². The van der Waals surface area contributed by atoms with Gasteiger partial charge in [0.05, 0.1) is 6.07 Å². The van der Waals surface area contributed by atoms with Gasteiger partial charge in [0.25, 0.3) is 5.91 Å². The van der Waals surface area contributed by atoms with Crippen LogP contribution in [0.3, 0.4) is 0 Å². The molecular formula is C25H22FN3O5S. The average molecular weight is 496 g/mol. The molecule has 1 N–H and O–H groups in total. The molecule has 3 aromatic carbocycles. The standard InChI is InChI=1S/C25H22FN3O5S/c26-21-13-7-8-14-23(21)35(32,33)28-22(17-19-9-3-1-4-10-19)25(31)34-18-24(30)29(16-15-27)20-11-5-2-6-12-20/h1-14,22,28H,16-18H2. The van der Waals surface area contributed by atoms with Gasteiger partial charge in [-0.2, -0.15) is 9.98 Å². The minimum absolute atomic E-state index is 0.0951. The zero-order chi connectivity index (χ0) is 25.3. The normalized spacial score (nSPS) is 11.8. The van der Waals surface area contributed by atoms with Crippen LogP contribution >= 0.6 is 0 Å². The first-order chi connectivity index (χ1) is 16.8. The van der Waals surface area contributed by atoms with Crippen LogP contribution in [-0.2, 0) is 30.8 Å². The van der Waals surface area contributed by atoms with Crippen LogP contribution in [0.2, 0.25) is 0 Å². The zero-order valence-electron chi connectivity index (χ0n) is 18.5.